The van der Waals surface area contributed by atoms with Crippen LogP contribution in [0.3, 0.4) is 0 Å². The van der Waals surface area contributed by atoms with E-state index in [1.165, 1.54) is 4.52 Å². The van der Waals surface area contributed by atoms with Crippen LogP contribution in [0.4, 0.5) is 0 Å². The number of amides is 2. The molecule has 8 nitrogen and oxygen atoms in total. The highest BCUT2D eigenvalue weighted by Crippen LogP contribution is 2.31. The summed E-state index contributed by atoms with van der Waals surface area (Å²) in [4.78, 5) is 46.5. The first-order chi connectivity index (χ1) is 14.5. The molecule has 0 aromatic carbocycles. The number of hydrogen-bond acceptors (Lipinski definition) is 4. The Labute approximate surface area is 176 Å². The quantitative estimate of drug-likeness (QED) is 0.816. The van der Waals surface area contributed by atoms with Crippen LogP contribution >= 0.6 is 0 Å². The normalized spacial score (nSPS) is 19.2. The Morgan fingerprint density at radius 1 is 1.13 bits per heavy atom. The first-order valence-electron chi connectivity index (χ1n) is 11.2. The van der Waals surface area contributed by atoms with E-state index in [2.05, 4.69) is 5.10 Å². The monoisotopic (exact) mass is 413 g/mol. The molecule has 2 aromatic heterocycles. The third-order valence-corrected chi connectivity index (χ3v) is 6.24. The fourth-order valence-corrected chi connectivity index (χ4v) is 4.67. The van der Waals surface area contributed by atoms with Crippen LogP contribution in [0.2, 0.25) is 0 Å². The molecule has 8 heteroatoms. The minimum absolute atomic E-state index is 0.0430. The maximum Gasteiger partial charge on any atom is 0.277 e. The zero-order valence-corrected chi connectivity index (χ0v) is 17.9. The lowest BCUT2D eigenvalue weighted by molar-refractivity contribution is -0.135. The van der Waals surface area contributed by atoms with Gasteiger partial charge in [-0.2, -0.15) is 0 Å². The number of rotatable bonds is 5. The lowest BCUT2D eigenvalue weighted by atomic mass is 9.98. The Kier molecular flexibility index (Phi) is 5.92. The summed E-state index contributed by atoms with van der Waals surface area (Å²) in [5, 5.41) is 3.22. The fourth-order valence-electron chi connectivity index (χ4n) is 4.67. The number of carbonyl (C=O) groups is 2. The molecule has 0 saturated carbocycles. The number of H-pyrrole nitrogens is 1. The van der Waals surface area contributed by atoms with Gasteiger partial charge >= 0.3 is 0 Å². The largest absolute Gasteiger partial charge is 0.338 e. The van der Waals surface area contributed by atoms with Gasteiger partial charge in [0.15, 0.2) is 5.65 Å². The molecule has 1 fully saturated rings. The van der Waals surface area contributed by atoms with E-state index >= 15 is 0 Å². The number of piperidine rings is 1. The highest BCUT2D eigenvalue weighted by Gasteiger charge is 2.30. The predicted molar refractivity (Wildman–Crippen MR) is 113 cm³/mol. The van der Waals surface area contributed by atoms with Gasteiger partial charge in [0.05, 0.1) is 29.5 Å². The van der Waals surface area contributed by atoms with Gasteiger partial charge in [0.2, 0.25) is 11.8 Å². The molecule has 0 unspecified atom stereocenters. The summed E-state index contributed by atoms with van der Waals surface area (Å²) < 4.78 is 1.49. The topological polar surface area (TPSA) is 90.8 Å². The standard InChI is InChI=1S/C22H31N5O3/c1-3-7-20(28)25-12-10-16-15(14-25)22(30)27-19(23-16)13-17(24-27)18-9-5-6-11-26(18)21(29)8-4-2/h13,18,24H,3-12,14H2,1-2H3/t18-/m1/s1. The van der Waals surface area contributed by atoms with Crippen LogP contribution < -0.4 is 5.56 Å². The Morgan fingerprint density at radius 3 is 2.67 bits per heavy atom. The van der Waals surface area contributed by atoms with Crippen LogP contribution in [-0.2, 0) is 22.6 Å². The molecule has 2 aliphatic heterocycles. The molecule has 1 saturated heterocycles. The number of aromatic amines is 1. The third kappa shape index (κ3) is 3.75. The summed E-state index contributed by atoms with van der Waals surface area (Å²) in [5.74, 6) is 0.262. The van der Waals surface area contributed by atoms with E-state index in [4.69, 9.17) is 4.98 Å². The van der Waals surface area contributed by atoms with Crippen molar-refractivity contribution < 1.29 is 9.59 Å². The van der Waals surface area contributed by atoms with Crippen molar-refractivity contribution in [2.24, 2.45) is 0 Å². The van der Waals surface area contributed by atoms with E-state index in [1.807, 2.05) is 24.8 Å². The summed E-state index contributed by atoms with van der Waals surface area (Å²) in [5.41, 5.74) is 2.70. The van der Waals surface area contributed by atoms with Gasteiger partial charge in [-0.05, 0) is 32.1 Å². The van der Waals surface area contributed by atoms with Crippen molar-refractivity contribution in [2.75, 3.05) is 13.1 Å². The zero-order valence-electron chi connectivity index (χ0n) is 17.9. The van der Waals surface area contributed by atoms with Crippen LogP contribution in [0.15, 0.2) is 10.9 Å². The van der Waals surface area contributed by atoms with Crippen LogP contribution in [0.5, 0.6) is 0 Å². The number of nitrogens with zero attached hydrogens (tertiary/aromatic N) is 4. The maximum absolute atomic E-state index is 13.2. The first-order valence-corrected chi connectivity index (χ1v) is 11.2. The molecule has 2 amide bonds. The lowest BCUT2D eigenvalue weighted by Gasteiger charge is -2.35. The van der Waals surface area contributed by atoms with Gasteiger partial charge in [-0.3, -0.25) is 19.5 Å². The molecule has 162 valence electrons. The van der Waals surface area contributed by atoms with Crippen LogP contribution in [0, 0.1) is 0 Å². The van der Waals surface area contributed by atoms with Crippen molar-refractivity contribution in [1.82, 2.24) is 24.4 Å². The lowest BCUT2D eigenvalue weighted by Crippen LogP contribution is -2.40. The van der Waals surface area contributed by atoms with Gasteiger partial charge < -0.3 is 9.80 Å². The van der Waals surface area contributed by atoms with Crippen LogP contribution in [0.25, 0.3) is 5.65 Å². The summed E-state index contributed by atoms with van der Waals surface area (Å²) in [7, 11) is 0. The Hall–Kier alpha value is -2.64. The van der Waals surface area contributed by atoms with Gasteiger partial charge in [-0.25, -0.2) is 9.50 Å². The van der Waals surface area contributed by atoms with Gasteiger partial charge in [0.25, 0.3) is 5.56 Å². The molecule has 2 aliphatic rings. The molecule has 2 aromatic rings. The molecule has 1 atom stereocenters. The molecule has 4 heterocycles. The number of likely N-dealkylation sites (tertiary alicyclic amines) is 1. The van der Waals surface area contributed by atoms with Gasteiger partial charge in [0.1, 0.15) is 0 Å². The molecule has 30 heavy (non-hydrogen) atoms. The second kappa shape index (κ2) is 8.62. The van der Waals surface area contributed by atoms with E-state index in [1.54, 1.807) is 4.90 Å². The molecular weight excluding hydrogens is 382 g/mol. The van der Waals surface area contributed by atoms with Gasteiger partial charge in [-0.1, -0.05) is 13.8 Å². The van der Waals surface area contributed by atoms with E-state index in [0.717, 1.165) is 50.0 Å². The molecular formula is C22H31N5O3. The molecule has 0 spiro atoms. The first kappa shape index (κ1) is 20.6. The minimum atomic E-state index is -0.141. The minimum Gasteiger partial charge on any atom is -0.338 e. The highest BCUT2D eigenvalue weighted by molar-refractivity contribution is 5.77. The van der Waals surface area contributed by atoms with E-state index in [-0.39, 0.29) is 23.4 Å². The average molecular weight is 414 g/mol. The highest BCUT2D eigenvalue weighted by atomic mass is 16.2. The van der Waals surface area contributed by atoms with E-state index < -0.39 is 0 Å². The summed E-state index contributed by atoms with van der Waals surface area (Å²) in [6.45, 7) is 5.68. The van der Waals surface area contributed by atoms with Crippen molar-refractivity contribution >= 4 is 17.5 Å². The SMILES string of the molecule is CCCC(=O)N1CCc2nc3cc([C@H]4CCCCN4C(=O)CCC)[nH]n3c(=O)c2C1. The predicted octanol–water partition coefficient (Wildman–Crippen LogP) is 2.56. The molecule has 0 bridgehead atoms. The summed E-state index contributed by atoms with van der Waals surface area (Å²) >= 11 is 0. The van der Waals surface area contributed by atoms with Crippen molar-refractivity contribution in [3.63, 3.8) is 0 Å². The molecule has 0 radical (unpaired) electrons. The van der Waals surface area contributed by atoms with Crippen molar-refractivity contribution in [1.29, 1.82) is 0 Å². The number of carbonyl (C=O) groups excluding carboxylic acids is 2. The second-order valence-corrected chi connectivity index (χ2v) is 8.41. The fraction of sp³-hybridized carbons (Fsp3) is 0.636. The summed E-state index contributed by atoms with van der Waals surface area (Å²) in [6.07, 6.45) is 6.23. The number of nitrogens with one attached hydrogen (secondary N) is 1. The van der Waals surface area contributed by atoms with Crippen molar-refractivity contribution in [3.8, 4) is 0 Å². The maximum atomic E-state index is 13.2. The Bertz CT molecular complexity index is 1010. The van der Waals surface area contributed by atoms with Crippen molar-refractivity contribution in [3.05, 3.63) is 33.4 Å². The number of hydrogen-bond donors (Lipinski definition) is 1. The second-order valence-electron chi connectivity index (χ2n) is 8.41. The number of fused-ring (bicyclic) bond motifs is 2. The van der Waals surface area contributed by atoms with Gasteiger partial charge in [0, 0.05) is 38.4 Å². The summed E-state index contributed by atoms with van der Waals surface area (Å²) in [6, 6.07) is 1.87. The molecule has 1 N–H and O–H groups in total. The Morgan fingerprint density at radius 2 is 1.90 bits per heavy atom. The molecule has 0 aliphatic carbocycles. The third-order valence-electron chi connectivity index (χ3n) is 6.24. The average Bonchev–Trinajstić information content (AvgIpc) is 3.18. The zero-order chi connectivity index (χ0) is 21.3. The number of aromatic nitrogens is 3. The Balaban J connectivity index is 1.67. The van der Waals surface area contributed by atoms with E-state index in [9.17, 15) is 14.4 Å². The van der Waals surface area contributed by atoms with Crippen LogP contribution in [0.1, 0.15) is 81.8 Å². The smallest absolute Gasteiger partial charge is 0.277 e. The molecule has 4 rings (SSSR count). The van der Waals surface area contributed by atoms with Crippen molar-refractivity contribution in [2.45, 2.75) is 77.8 Å². The van der Waals surface area contributed by atoms with E-state index in [0.29, 0.717) is 43.6 Å². The van der Waals surface area contributed by atoms with Crippen LogP contribution in [-0.4, -0.2) is 49.3 Å². The van der Waals surface area contributed by atoms with Gasteiger partial charge in [-0.15, -0.1) is 0 Å².